The molecule has 0 aromatic carbocycles. The van der Waals surface area contributed by atoms with Crippen LogP contribution >= 0.6 is 0 Å². The molecule has 0 spiro atoms. The predicted octanol–water partition coefficient (Wildman–Crippen LogP) is 1.66. The number of ether oxygens (including phenoxy) is 1. The van der Waals surface area contributed by atoms with Gasteiger partial charge in [-0.1, -0.05) is 6.92 Å². The summed E-state index contributed by atoms with van der Waals surface area (Å²) >= 11 is 0. The van der Waals surface area contributed by atoms with E-state index in [1.165, 1.54) is 6.33 Å². The molecule has 0 saturated heterocycles. The van der Waals surface area contributed by atoms with Gasteiger partial charge >= 0.3 is 5.97 Å². The summed E-state index contributed by atoms with van der Waals surface area (Å²) in [6, 6.07) is 1.34. The molecule has 0 aliphatic carbocycles. The van der Waals surface area contributed by atoms with Gasteiger partial charge in [0.15, 0.2) is 0 Å². The third-order valence-electron chi connectivity index (χ3n) is 2.23. The number of nitrogens with one attached hydrogen (secondary N) is 2. The third kappa shape index (κ3) is 4.57. The van der Waals surface area contributed by atoms with Crippen LogP contribution in [0.15, 0.2) is 12.4 Å². The largest absolute Gasteiger partial charge is 0.464 e. The summed E-state index contributed by atoms with van der Waals surface area (Å²) in [5, 5.41) is 6.13. The molecule has 1 rings (SSSR count). The number of nitrogens with zero attached hydrogens (tertiary/aromatic N) is 2. The minimum Gasteiger partial charge on any atom is -0.464 e. The zero-order valence-electron chi connectivity index (χ0n) is 11.1. The normalized spacial score (nSPS) is 11.7. The Morgan fingerprint density at radius 2 is 2.11 bits per heavy atom. The Hall–Kier alpha value is -1.85. The van der Waals surface area contributed by atoms with E-state index in [0.29, 0.717) is 12.4 Å². The lowest BCUT2D eigenvalue weighted by atomic mass is 10.3. The molecule has 0 aliphatic heterocycles. The lowest BCUT2D eigenvalue weighted by Gasteiger charge is -2.13. The second-order valence-electron chi connectivity index (χ2n) is 3.83. The fraction of sp³-hybridized carbons (Fsp3) is 0.583. The van der Waals surface area contributed by atoms with Gasteiger partial charge in [0.2, 0.25) is 0 Å². The Balaban J connectivity index is 2.58. The zero-order valence-corrected chi connectivity index (χ0v) is 11.1. The average molecular weight is 252 g/mol. The lowest BCUT2D eigenvalue weighted by Crippen LogP contribution is -2.28. The highest BCUT2D eigenvalue weighted by Gasteiger charge is 2.14. The maximum Gasteiger partial charge on any atom is 0.328 e. The van der Waals surface area contributed by atoms with Gasteiger partial charge in [0.05, 0.1) is 6.61 Å². The first-order valence-corrected chi connectivity index (χ1v) is 6.16. The molecule has 0 fully saturated rings. The second kappa shape index (κ2) is 7.47. The third-order valence-corrected chi connectivity index (χ3v) is 2.23. The van der Waals surface area contributed by atoms with E-state index in [9.17, 15) is 4.79 Å². The van der Waals surface area contributed by atoms with E-state index >= 15 is 0 Å². The Bertz CT molecular complexity index is 384. The SMILES string of the molecule is CCCNc1cc(NC(C)C(=O)OCC)ncn1. The van der Waals surface area contributed by atoms with Crippen LogP contribution in [0.1, 0.15) is 27.2 Å². The topological polar surface area (TPSA) is 76.1 Å². The van der Waals surface area contributed by atoms with Gasteiger partial charge in [-0.3, -0.25) is 0 Å². The fourth-order valence-electron chi connectivity index (χ4n) is 1.33. The molecule has 1 aromatic rings. The van der Waals surface area contributed by atoms with Gasteiger partial charge in [-0.25, -0.2) is 14.8 Å². The van der Waals surface area contributed by atoms with Crippen LogP contribution < -0.4 is 10.6 Å². The monoisotopic (exact) mass is 252 g/mol. The van der Waals surface area contributed by atoms with Gasteiger partial charge in [0, 0.05) is 12.6 Å². The van der Waals surface area contributed by atoms with Crippen molar-refractivity contribution in [2.45, 2.75) is 33.2 Å². The quantitative estimate of drug-likeness (QED) is 0.719. The zero-order chi connectivity index (χ0) is 13.4. The lowest BCUT2D eigenvalue weighted by molar-refractivity contribution is -0.143. The van der Waals surface area contributed by atoms with E-state index in [-0.39, 0.29) is 5.97 Å². The summed E-state index contributed by atoms with van der Waals surface area (Å²) in [7, 11) is 0. The second-order valence-corrected chi connectivity index (χ2v) is 3.83. The Kier molecular flexibility index (Phi) is 5.90. The minimum absolute atomic E-state index is 0.292. The first kappa shape index (κ1) is 14.2. The summed E-state index contributed by atoms with van der Waals surface area (Å²) in [5.74, 6) is 1.05. The van der Waals surface area contributed by atoms with Gasteiger partial charge in [-0.15, -0.1) is 0 Å². The van der Waals surface area contributed by atoms with E-state index < -0.39 is 6.04 Å². The first-order chi connectivity index (χ1) is 8.67. The van der Waals surface area contributed by atoms with Crippen molar-refractivity contribution in [3.63, 3.8) is 0 Å². The van der Waals surface area contributed by atoms with E-state index in [2.05, 4.69) is 27.5 Å². The maximum atomic E-state index is 11.5. The van der Waals surface area contributed by atoms with Crippen molar-refractivity contribution < 1.29 is 9.53 Å². The molecule has 1 unspecified atom stereocenters. The summed E-state index contributed by atoms with van der Waals surface area (Å²) in [5.41, 5.74) is 0. The van der Waals surface area contributed by atoms with Crippen LogP contribution in [0.4, 0.5) is 11.6 Å². The number of carbonyl (C=O) groups is 1. The molecule has 2 N–H and O–H groups in total. The molecule has 6 nitrogen and oxygen atoms in total. The molecule has 0 radical (unpaired) electrons. The summed E-state index contributed by atoms with van der Waals surface area (Å²) in [6.07, 6.45) is 2.48. The van der Waals surface area contributed by atoms with Crippen LogP contribution in [0.3, 0.4) is 0 Å². The molecular weight excluding hydrogens is 232 g/mol. The molecule has 18 heavy (non-hydrogen) atoms. The number of anilines is 2. The molecule has 1 heterocycles. The first-order valence-electron chi connectivity index (χ1n) is 6.16. The number of rotatable bonds is 7. The molecule has 1 aromatic heterocycles. The number of esters is 1. The van der Waals surface area contributed by atoms with E-state index in [1.54, 1.807) is 19.9 Å². The summed E-state index contributed by atoms with van der Waals surface area (Å²) in [4.78, 5) is 19.6. The molecule has 1 atom stereocenters. The van der Waals surface area contributed by atoms with Crippen molar-refractivity contribution in [1.82, 2.24) is 9.97 Å². The van der Waals surface area contributed by atoms with Crippen LogP contribution in [0, 0.1) is 0 Å². The van der Waals surface area contributed by atoms with Crippen molar-refractivity contribution in [3.8, 4) is 0 Å². The Labute approximate surface area is 107 Å². The van der Waals surface area contributed by atoms with Crippen molar-refractivity contribution in [1.29, 1.82) is 0 Å². The molecule has 0 aliphatic rings. The summed E-state index contributed by atoms with van der Waals surface area (Å²) < 4.78 is 4.91. The highest BCUT2D eigenvalue weighted by atomic mass is 16.5. The number of carbonyl (C=O) groups excluding carboxylic acids is 1. The van der Waals surface area contributed by atoms with Crippen LogP contribution in [0.2, 0.25) is 0 Å². The van der Waals surface area contributed by atoms with E-state index in [1.807, 2.05) is 0 Å². The van der Waals surface area contributed by atoms with E-state index in [0.717, 1.165) is 18.8 Å². The van der Waals surface area contributed by atoms with Crippen molar-refractivity contribution in [2.24, 2.45) is 0 Å². The van der Waals surface area contributed by atoms with Gasteiger partial charge in [-0.05, 0) is 20.3 Å². The van der Waals surface area contributed by atoms with E-state index in [4.69, 9.17) is 4.74 Å². The molecular formula is C12H20N4O2. The Morgan fingerprint density at radius 3 is 2.78 bits per heavy atom. The minimum atomic E-state index is -0.432. The highest BCUT2D eigenvalue weighted by Crippen LogP contribution is 2.10. The average Bonchev–Trinajstić information content (AvgIpc) is 2.37. The smallest absolute Gasteiger partial charge is 0.328 e. The maximum absolute atomic E-state index is 11.5. The molecule has 0 amide bonds. The van der Waals surface area contributed by atoms with Crippen molar-refractivity contribution in [3.05, 3.63) is 12.4 Å². The van der Waals surface area contributed by atoms with Crippen LogP contribution in [0.25, 0.3) is 0 Å². The fourth-order valence-corrected chi connectivity index (χ4v) is 1.33. The molecule has 0 saturated carbocycles. The van der Waals surface area contributed by atoms with Crippen molar-refractivity contribution >= 4 is 17.6 Å². The molecule has 6 heteroatoms. The number of aromatic nitrogens is 2. The molecule has 100 valence electrons. The predicted molar refractivity (Wildman–Crippen MR) is 70.5 cm³/mol. The number of hydrogen-bond acceptors (Lipinski definition) is 6. The van der Waals surface area contributed by atoms with Crippen LogP contribution in [-0.2, 0) is 9.53 Å². The number of hydrogen-bond donors (Lipinski definition) is 2. The molecule has 0 bridgehead atoms. The summed E-state index contributed by atoms with van der Waals surface area (Å²) in [6.45, 7) is 6.82. The van der Waals surface area contributed by atoms with Gasteiger partial charge in [0.1, 0.15) is 24.0 Å². The van der Waals surface area contributed by atoms with Gasteiger partial charge in [-0.2, -0.15) is 0 Å². The van der Waals surface area contributed by atoms with Crippen LogP contribution in [-0.4, -0.2) is 35.1 Å². The van der Waals surface area contributed by atoms with Crippen molar-refractivity contribution in [2.75, 3.05) is 23.8 Å². The highest BCUT2D eigenvalue weighted by molar-refractivity contribution is 5.78. The van der Waals surface area contributed by atoms with Gasteiger partial charge < -0.3 is 15.4 Å². The van der Waals surface area contributed by atoms with Gasteiger partial charge in [0.25, 0.3) is 0 Å². The standard InChI is InChI=1S/C12H20N4O2/c1-4-6-13-10-7-11(15-8-14-10)16-9(3)12(17)18-5-2/h7-9H,4-6H2,1-3H3,(H2,13,14,15,16). The van der Waals surface area contributed by atoms with Crippen LogP contribution in [0.5, 0.6) is 0 Å². The Morgan fingerprint density at radius 1 is 1.39 bits per heavy atom.